The molecule has 4 heteroatoms. The highest BCUT2D eigenvalue weighted by Gasteiger charge is 1.84. The summed E-state index contributed by atoms with van der Waals surface area (Å²) < 4.78 is 0. The molecule has 0 radical (unpaired) electrons. The third-order valence-corrected chi connectivity index (χ3v) is 0.791. The molecule has 0 aromatic carbocycles. The molecular weight excluding hydrogens is 104 g/mol. The number of H-pyrrole nitrogens is 1. The zero-order valence-corrected chi connectivity index (χ0v) is 4.39. The van der Waals surface area contributed by atoms with Crippen molar-refractivity contribution in [2.24, 2.45) is 5.73 Å². The van der Waals surface area contributed by atoms with E-state index < -0.39 is 0 Å². The summed E-state index contributed by atoms with van der Waals surface area (Å²) in [5.74, 6) is 0.854. The van der Waals surface area contributed by atoms with Crippen molar-refractivity contribution < 1.29 is 0 Å². The molecule has 0 amide bonds. The van der Waals surface area contributed by atoms with Crippen LogP contribution in [0.4, 0.5) is 5.82 Å². The highest BCUT2D eigenvalue weighted by atomic mass is 15.1. The number of nitrogens with zero attached hydrogens (tertiary/aromatic N) is 1. The molecule has 0 spiro atoms. The molecule has 1 aromatic heterocycles. The van der Waals surface area contributed by atoms with Crippen LogP contribution in [0.1, 0.15) is 0 Å². The van der Waals surface area contributed by atoms with E-state index in [-0.39, 0.29) is 0 Å². The zero-order chi connectivity index (χ0) is 5.82. The van der Waals surface area contributed by atoms with E-state index in [4.69, 9.17) is 5.73 Å². The quantitative estimate of drug-likeness (QED) is 0.462. The largest absolute Gasteiger partial charge is 0.358 e. The van der Waals surface area contributed by atoms with Gasteiger partial charge in [0, 0.05) is 0 Å². The lowest BCUT2D eigenvalue weighted by Crippen LogP contribution is -2.10. The number of anilines is 1. The predicted octanol–water partition coefficient (Wildman–Crippen LogP) is -0.262. The van der Waals surface area contributed by atoms with Crippen LogP contribution in [0, 0.1) is 0 Å². The van der Waals surface area contributed by atoms with E-state index >= 15 is 0 Å². The molecule has 0 saturated carbocycles. The summed E-state index contributed by atoms with van der Waals surface area (Å²) in [6.07, 6.45) is 3.27. The van der Waals surface area contributed by atoms with E-state index in [1.807, 2.05) is 0 Å². The van der Waals surface area contributed by atoms with Crippen LogP contribution in [0.15, 0.2) is 12.5 Å². The SMILES string of the molecule is NCNc1cnc[nH]1. The molecule has 8 heavy (non-hydrogen) atoms. The second kappa shape index (κ2) is 2.32. The Balaban J connectivity index is 2.50. The van der Waals surface area contributed by atoms with Crippen LogP contribution in [0.3, 0.4) is 0 Å². The number of rotatable bonds is 2. The first-order valence-corrected chi connectivity index (χ1v) is 2.36. The van der Waals surface area contributed by atoms with Crippen LogP contribution < -0.4 is 11.1 Å². The van der Waals surface area contributed by atoms with Gasteiger partial charge in [0.25, 0.3) is 0 Å². The lowest BCUT2D eigenvalue weighted by atomic mass is 10.7. The van der Waals surface area contributed by atoms with Gasteiger partial charge < -0.3 is 16.0 Å². The third-order valence-electron chi connectivity index (χ3n) is 0.791. The van der Waals surface area contributed by atoms with Crippen LogP contribution in [0.5, 0.6) is 0 Å². The van der Waals surface area contributed by atoms with E-state index in [1.54, 1.807) is 12.5 Å². The molecule has 0 atom stereocenters. The van der Waals surface area contributed by atoms with Gasteiger partial charge in [-0.05, 0) is 0 Å². The highest BCUT2D eigenvalue weighted by molar-refractivity contribution is 5.29. The Bertz CT molecular complexity index is 134. The van der Waals surface area contributed by atoms with Crippen molar-refractivity contribution >= 4 is 5.82 Å². The maximum absolute atomic E-state index is 5.16. The molecule has 1 aromatic rings. The zero-order valence-electron chi connectivity index (χ0n) is 4.39. The van der Waals surface area contributed by atoms with Crippen molar-refractivity contribution in [3.63, 3.8) is 0 Å². The Hall–Kier alpha value is -1.03. The Morgan fingerprint density at radius 1 is 1.88 bits per heavy atom. The lowest BCUT2D eigenvalue weighted by molar-refractivity contribution is 1.12. The summed E-state index contributed by atoms with van der Waals surface area (Å²) >= 11 is 0. The summed E-state index contributed by atoms with van der Waals surface area (Å²) in [6, 6.07) is 0. The summed E-state index contributed by atoms with van der Waals surface area (Å²) in [6.45, 7) is 0.433. The van der Waals surface area contributed by atoms with E-state index in [2.05, 4.69) is 15.3 Å². The summed E-state index contributed by atoms with van der Waals surface area (Å²) in [7, 11) is 0. The monoisotopic (exact) mass is 112 g/mol. The maximum atomic E-state index is 5.16. The fourth-order valence-corrected chi connectivity index (χ4v) is 0.463. The van der Waals surface area contributed by atoms with E-state index in [9.17, 15) is 0 Å². The normalized spacial score (nSPS) is 9.12. The van der Waals surface area contributed by atoms with Gasteiger partial charge in [-0.1, -0.05) is 0 Å². The van der Waals surface area contributed by atoms with Gasteiger partial charge in [-0.25, -0.2) is 4.98 Å². The van der Waals surface area contributed by atoms with Crippen molar-refractivity contribution in [1.29, 1.82) is 0 Å². The van der Waals surface area contributed by atoms with Crippen LogP contribution in [-0.2, 0) is 0 Å². The van der Waals surface area contributed by atoms with E-state index in [1.165, 1.54) is 0 Å². The summed E-state index contributed by atoms with van der Waals surface area (Å²) in [5, 5.41) is 2.85. The number of hydrogen-bond acceptors (Lipinski definition) is 3. The van der Waals surface area contributed by atoms with Gasteiger partial charge >= 0.3 is 0 Å². The first-order chi connectivity index (χ1) is 3.93. The first kappa shape index (κ1) is 5.11. The molecule has 4 N–H and O–H groups in total. The average Bonchev–Trinajstić information content (AvgIpc) is 2.19. The molecule has 0 saturated heterocycles. The van der Waals surface area contributed by atoms with Crippen LogP contribution >= 0.6 is 0 Å². The molecule has 1 heterocycles. The van der Waals surface area contributed by atoms with Gasteiger partial charge in [0.1, 0.15) is 5.82 Å². The molecule has 1 rings (SSSR count). The fourth-order valence-electron chi connectivity index (χ4n) is 0.463. The smallest absolute Gasteiger partial charge is 0.124 e. The van der Waals surface area contributed by atoms with E-state index in [0.29, 0.717) is 6.67 Å². The maximum Gasteiger partial charge on any atom is 0.124 e. The van der Waals surface area contributed by atoms with Gasteiger partial charge in [0.2, 0.25) is 0 Å². The number of hydrogen-bond donors (Lipinski definition) is 3. The number of nitrogens with two attached hydrogens (primary N) is 1. The topological polar surface area (TPSA) is 66.7 Å². The average molecular weight is 112 g/mol. The highest BCUT2D eigenvalue weighted by Crippen LogP contribution is 1.93. The van der Waals surface area contributed by atoms with Gasteiger partial charge in [-0.3, -0.25) is 0 Å². The molecule has 44 valence electrons. The Kier molecular flexibility index (Phi) is 1.48. The van der Waals surface area contributed by atoms with Gasteiger partial charge in [-0.15, -0.1) is 0 Å². The Labute approximate surface area is 47.1 Å². The number of nitrogens with one attached hydrogen (secondary N) is 2. The van der Waals surface area contributed by atoms with Crippen molar-refractivity contribution in [1.82, 2.24) is 9.97 Å². The lowest BCUT2D eigenvalue weighted by Gasteiger charge is -1.93. The molecule has 0 fully saturated rings. The number of imidazole rings is 1. The van der Waals surface area contributed by atoms with E-state index in [0.717, 1.165) is 5.82 Å². The second-order valence-corrected chi connectivity index (χ2v) is 1.35. The predicted molar refractivity (Wildman–Crippen MR) is 31.3 cm³/mol. The number of aromatic nitrogens is 2. The van der Waals surface area contributed by atoms with Crippen LogP contribution in [-0.4, -0.2) is 16.6 Å². The molecule has 0 aliphatic heterocycles. The van der Waals surface area contributed by atoms with Crippen molar-refractivity contribution in [3.05, 3.63) is 12.5 Å². The Morgan fingerprint density at radius 2 is 2.75 bits per heavy atom. The molecule has 0 aliphatic rings. The van der Waals surface area contributed by atoms with Crippen molar-refractivity contribution in [2.75, 3.05) is 12.0 Å². The van der Waals surface area contributed by atoms with Crippen molar-refractivity contribution in [3.8, 4) is 0 Å². The molecule has 0 bridgehead atoms. The molecular formula is C4H8N4. The summed E-state index contributed by atoms with van der Waals surface area (Å²) in [5.41, 5.74) is 5.16. The minimum absolute atomic E-state index is 0.433. The van der Waals surface area contributed by atoms with Gasteiger partial charge in [0.15, 0.2) is 0 Å². The minimum atomic E-state index is 0.433. The Morgan fingerprint density at radius 3 is 3.25 bits per heavy atom. The minimum Gasteiger partial charge on any atom is -0.358 e. The van der Waals surface area contributed by atoms with Crippen LogP contribution in [0.2, 0.25) is 0 Å². The fraction of sp³-hybridized carbons (Fsp3) is 0.250. The first-order valence-electron chi connectivity index (χ1n) is 2.36. The molecule has 4 nitrogen and oxygen atoms in total. The standard InChI is InChI=1S/C4H8N4/c5-2-7-4-1-6-3-8-4/h1,3,7H,2,5H2,(H,6,8). The van der Waals surface area contributed by atoms with Gasteiger partial charge in [0.05, 0.1) is 19.2 Å². The summed E-state index contributed by atoms with van der Waals surface area (Å²) in [4.78, 5) is 6.60. The van der Waals surface area contributed by atoms with Crippen molar-refractivity contribution in [2.45, 2.75) is 0 Å². The second-order valence-electron chi connectivity index (χ2n) is 1.35. The van der Waals surface area contributed by atoms with Crippen LogP contribution in [0.25, 0.3) is 0 Å². The molecule has 0 unspecified atom stereocenters. The van der Waals surface area contributed by atoms with Gasteiger partial charge in [-0.2, -0.15) is 0 Å². The third kappa shape index (κ3) is 0.974. The molecule has 0 aliphatic carbocycles. The number of aromatic amines is 1.